The summed E-state index contributed by atoms with van der Waals surface area (Å²) in [4.78, 5) is 12.1. The summed E-state index contributed by atoms with van der Waals surface area (Å²) in [5.74, 6) is 0.811. The number of anilines is 1. The molecule has 0 saturated heterocycles. The lowest BCUT2D eigenvalue weighted by atomic mass is 10.3. The van der Waals surface area contributed by atoms with Gasteiger partial charge in [-0.25, -0.2) is 0 Å². The number of hydrogen-bond donors (Lipinski definition) is 1. The largest absolute Gasteiger partial charge is 0.493 e. The van der Waals surface area contributed by atoms with Gasteiger partial charge in [-0.3, -0.25) is 4.79 Å². The minimum Gasteiger partial charge on any atom is -0.493 e. The standard InChI is InChI=1S/C16H16ClNO3/c1-11(21-15-10-6-5-9-14(15)20-2)16(19)18-13-8-4-3-7-12(13)17/h3-11H,1-2H3,(H,18,19)/t11-/m0/s1. The van der Waals surface area contributed by atoms with E-state index in [0.29, 0.717) is 22.2 Å². The van der Waals surface area contributed by atoms with E-state index in [9.17, 15) is 4.79 Å². The number of carbonyl (C=O) groups excluding carboxylic acids is 1. The maximum atomic E-state index is 12.1. The Balaban J connectivity index is 2.05. The molecule has 0 radical (unpaired) electrons. The van der Waals surface area contributed by atoms with E-state index in [-0.39, 0.29) is 5.91 Å². The molecule has 0 unspecified atom stereocenters. The molecule has 2 aromatic rings. The fraction of sp³-hybridized carbons (Fsp3) is 0.188. The monoisotopic (exact) mass is 305 g/mol. The highest BCUT2D eigenvalue weighted by molar-refractivity contribution is 6.33. The molecule has 5 heteroatoms. The molecule has 1 amide bonds. The number of benzene rings is 2. The third-order valence-corrected chi connectivity index (χ3v) is 3.20. The van der Waals surface area contributed by atoms with Crippen molar-refractivity contribution in [3.05, 3.63) is 53.6 Å². The third-order valence-electron chi connectivity index (χ3n) is 2.87. The summed E-state index contributed by atoms with van der Waals surface area (Å²) in [5, 5.41) is 3.21. The van der Waals surface area contributed by atoms with Crippen LogP contribution in [0.3, 0.4) is 0 Å². The predicted octanol–water partition coefficient (Wildman–Crippen LogP) is 3.75. The average molecular weight is 306 g/mol. The fourth-order valence-corrected chi connectivity index (χ4v) is 1.94. The van der Waals surface area contributed by atoms with Crippen molar-refractivity contribution in [2.24, 2.45) is 0 Å². The smallest absolute Gasteiger partial charge is 0.265 e. The molecular weight excluding hydrogens is 290 g/mol. The molecule has 0 bridgehead atoms. The van der Waals surface area contributed by atoms with Gasteiger partial charge in [0.25, 0.3) is 5.91 Å². The number of amides is 1. The highest BCUT2D eigenvalue weighted by Crippen LogP contribution is 2.27. The molecule has 0 fully saturated rings. The van der Waals surface area contributed by atoms with Gasteiger partial charge in [0.15, 0.2) is 17.6 Å². The van der Waals surface area contributed by atoms with Gasteiger partial charge < -0.3 is 14.8 Å². The number of rotatable bonds is 5. The molecule has 0 aliphatic heterocycles. The molecule has 1 atom stereocenters. The van der Waals surface area contributed by atoms with Gasteiger partial charge in [0.05, 0.1) is 17.8 Å². The first-order valence-corrected chi connectivity index (χ1v) is 6.84. The molecule has 4 nitrogen and oxygen atoms in total. The van der Waals surface area contributed by atoms with Crippen LogP contribution in [0.5, 0.6) is 11.5 Å². The Kier molecular flexibility index (Phi) is 5.06. The normalized spacial score (nSPS) is 11.6. The number of halogens is 1. The third kappa shape index (κ3) is 3.89. The molecule has 21 heavy (non-hydrogen) atoms. The highest BCUT2D eigenvalue weighted by Gasteiger charge is 2.17. The predicted molar refractivity (Wildman–Crippen MR) is 83.2 cm³/mol. The Morgan fingerprint density at radius 1 is 1.10 bits per heavy atom. The van der Waals surface area contributed by atoms with Crippen LogP contribution in [-0.2, 0) is 4.79 Å². The van der Waals surface area contributed by atoms with Crippen LogP contribution < -0.4 is 14.8 Å². The summed E-state index contributed by atoms with van der Waals surface area (Å²) in [6.07, 6.45) is -0.683. The van der Waals surface area contributed by atoms with Crippen molar-refractivity contribution in [3.63, 3.8) is 0 Å². The molecule has 110 valence electrons. The summed E-state index contributed by atoms with van der Waals surface area (Å²) >= 11 is 6.01. The number of hydrogen-bond acceptors (Lipinski definition) is 3. The Morgan fingerprint density at radius 3 is 2.38 bits per heavy atom. The average Bonchev–Trinajstić information content (AvgIpc) is 2.50. The van der Waals surface area contributed by atoms with Crippen molar-refractivity contribution in [1.29, 1.82) is 0 Å². The first-order valence-electron chi connectivity index (χ1n) is 6.47. The van der Waals surface area contributed by atoms with Gasteiger partial charge >= 0.3 is 0 Å². The number of ether oxygens (including phenoxy) is 2. The molecule has 2 aromatic carbocycles. The van der Waals surface area contributed by atoms with Crippen LogP contribution >= 0.6 is 11.6 Å². The number of para-hydroxylation sites is 3. The molecule has 0 aromatic heterocycles. The quantitative estimate of drug-likeness (QED) is 0.915. The van der Waals surface area contributed by atoms with Crippen LogP contribution in [0.2, 0.25) is 5.02 Å². The Hall–Kier alpha value is -2.20. The van der Waals surface area contributed by atoms with E-state index in [4.69, 9.17) is 21.1 Å². The van der Waals surface area contributed by atoms with E-state index >= 15 is 0 Å². The van der Waals surface area contributed by atoms with Crippen molar-refractivity contribution < 1.29 is 14.3 Å². The van der Waals surface area contributed by atoms with Crippen LogP contribution in [-0.4, -0.2) is 19.1 Å². The van der Waals surface area contributed by atoms with Crippen LogP contribution in [0.25, 0.3) is 0 Å². The summed E-state index contributed by atoms with van der Waals surface area (Å²) in [6.45, 7) is 1.67. The lowest BCUT2D eigenvalue weighted by Gasteiger charge is -2.17. The topological polar surface area (TPSA) is 47.6 Å². The van der Waals surface area contributed by atoms with Crippen LogP contribution in [0.1, 0.15) is 6.92 Å². The first-order chi connectivity index (χ1) is 10.1. The summed E-state index contributed by atoms with van der Waals surface area (Å²) in [6, 6.07) is 14.2. The van der Waals surface area contributed by atoms with E-state index in [1.165, 1.54) is 0 Å². The molecule has 1 N–H and O–H groups in total. The second-order valence-electron chi connectivity index (χ2n) is 4.38. The summed E-state index contributed by atoms with van der Waals surface area (Å²) in [7, 11) is 1.55. The Morgan fingerprint density at radius 2 is 1.71 bits per heavy atom. The van der Waals surface area contributed by atoms with Gasteiger partial charge in [-0.05, 0) is 31.2 Å². The van der Waals surface area contributed by atoms with Gasteiger partial charge in [0.1, 0.15) is 0 Å². The minimum absolute atomic E-state index is 0.283. The van der Waals surface area contributed by atoms with Crippen LogP contribution in [0.15, 0.2) is 48.5 Å². The lowest BCUT2D eigenvalue weighted by Crippen LogP contribution is -2.30. The maximum Gasteiger partial charge on any atom is 0.265 e. The fourth-order valence-electron chi connectivity index (χ4n) is 1.76. The van der Waals surface area contributed by atoms with Crippen LogP contribution in [0, 0.1) is 0 Å². The van der Waals surface area contributed by atoms with Crippen molar-refractivity contribution in [1.82, 2.24) is 0 Å². The zero-order valence-electron chi connectivity index (χ0n) is 11.8. The molecule has 0 aliphatic rings. The molecule has 0 aliphatic carbocycles. The number of methoxy groups -OCH3 is 1. The molecule has 0 heterocycles. The van der Waals surface area contributed by atoms with E-state index in [1.54, 1.807) is 50.4 Å². The second kappa shape index (κ2) is 6.99. The van der Waals surface area contributed by atoms with Crippen molar-refractivity contribution in [3.8, 4) is 11.5 Å². The van der Waals surface area contributed by atoms with Gasteiger partial charge in [-0.2, -0.15) is 0 Å². The van der Waals surface area contributed by atoms with E-state index in [0.717, 1.165) is 0 Å². The zero-order valence-corrected chi connectivity index (χ0v) is 12.6. The Bertz CT molecular complexity index is 630. The van der Waals surface area contributed by atoms with E-state index in [1.807, 2.05) is 12.1 Å². The maximum absolute atomic E-state index is 12.1. The summed E-state index contributed by atoms with van der Waals surface area (Å²) in [5.41, 5.74) is 0.555. The number of nitrogens with one attached hydrogen (secondary N) is 1. The van der Waals surface area contributed by atoms with E-state index < -0.39 is 6.10 Å². The summed E-state index contributed by atoms with van der Waals surface area (Å²) < 4.78 is 10.8. The highest BCUT2D eigenvalue weighted by atomic mass is 35.5. The van der Waals surface area contributed by atoms with Gasteiger partial charge in [-0.15, -0.1) is 0 Å². The SMILES string of the molecule is COc1ccccc1O[C@@H](C)C(=O)Nc1ccccc1Cl. The molecular formula is C16H16ClNO3. The molecule has 0 spiro atoms. The van der Waals surface area contributed by atoms with Gasteiger partial charge in [0, 0.05) is 0 Å². The second-order valence-corrected chi connectivity index (χ2v) is 4.79. The van der Waals surface area contributed by atoms with Crippen molar-refractivity contribution in [2.45, 2.75) is 13.0 Å². The van der Waals surface area contributed by atoms with Crippen LogP contribution in [0.4, 0.5) is 5.69 Å². The Labute approximate surface area is 128 Å². The van der Waals surface area contributed by atoms with Gasteiger partial charge in [0.2, 0.25) is 0 Å². The van der Waals surface area contributed by atoms with Crippen molar-refractivity contribution >= 4 is 23.2 Å². The minimum atomic E-state index is -0.683. The zero-order chi connectivity index (χ0) is 15.2. The lowest BCUT2D eigenvalue weighted by molar-refractivity contribution is -0.122. The molecule has 0 saturated carbocycles. The van der Waals surface area contributed by atoms with Gasteiger partial charge in [-0.1, -0.05) is 35.9 Å². The van der Waals surface area contributed by atoms with E-state index in [2.05, 4.69) is 5.32 Å². The molecule has 2 rings (SSSR count). The van der Waals surface area contributed by atoms with Crippen molar-refractivity contribution in [2.75, 3.05) is 12.4 Å². The first kappa shape index (κ1) is 15.2. The number of carbonyl (C=O) groups is 1.